The van der Waals surface area contributed by atoms with Crippen molar-refractivity contribution < 1.29 is 19.4 Å². The van der Waals surface area contributed by atoms with Gasteiger partial charge in [-0.2, -0.15) is 14.4 Å². The average molecular weight is 451 g/mol. The summed E-state index contributed by atoms with van der Waals surface area (Å²) in [6, 6.07) is 8.83. The number of carbonyl (C=O) groups is 2. The van der Waals surface area contributed by atoms with E-state index in [1.807, 2.05) is 55.9 Å². The monoisotopic (exact) mass is 450 g/mol. The number of rotatable bonds is 4. The molecule has 0 aliphatic carbocycles. The van der Waals surface area contributed by atoms with Crippen molar-refractivity contribution in [2.45, 2.75) is 39.4 Å². The second-order valence-electron chi connectivity index (χ2n) is 8.60. The fourth-order valence-corrected chi connectivity index (χ4v) is 4.60. The molecule has 0 fully saturated rings. The summed E-state index contributed by atoms with van der Waals surface area (Å²) in [6.07, 6.45) is 5.72. The molecule has 2 aromatic heterocycles. The molecule has 1 aliphatic heterocycles. The average Bonchev–Trinajstić information content (AvgIpc) is 3.26. The summed E-state index contributed by atoms with van der Waals surface area (Å²) in [5.74, 6) is 0. The SMILES string of the molecule is COC(=O)N1c2ccc(-c3cnn(Cc4ccncc4)c3)cc2[N+](C(=O)O)(C(C)C)C[C@@H]1C. The second-order valence-corrected chi connectivity index (χ2v) is 8.60. The molecule has 2 atom stereocenters. The summed E-state index contributed by atoms with van der Waals surface area (Å²) < 4.78 is 6.55. The van der Waals surface area contributed by atoms with Crippen molar-refractivity contribution in [2.75, 3.05) is 18.6 Å². The van der Waals surface area contributed by atoms with Crippen molar-refractivity contribution in [3.63, 3.8) is 0 Å². The Balaban J connectivity index is 1.80. The molecule has 33 heavy (non-hydrogen) atoms. The maximum atomic E-state index is 12.6. The van der Waals surface area contributed by atoms with Gasteiger partial charge in [0.2, 0.25) is 0 Å². The summed E-state index contributed by atoms with van der Waals surface area (Å²) in [4.78, 5) is 30.8. The van der Waals surface area contributed by atoms with Gasteiger partial charge < -0.3 is 9.84 Å². The maximum absolute atomic E-state index is 12.6. The van der Waals surface area contributed by atoms with Gasteiger partial charge in [0, 0.05) is 30.2 Å². The summed E-state index contributed by atoms with van der Waals surface area (Å²) in [6.45, 7) is 6.45. The molecule has 9 nitrogen and oxygen atoms in total. The van der Waals surface area contributed by atoms with Gasteiger partial charge in [-0.1, -0.05) is 6.07 Å². The van der Waals surface area contributed by atoms with E-state index in [1.165, 1.54) is 12.0 Å². The van der Waals surface area contributed by atoms with E-state index in [9.17, 15) is 14.7 Å². The van der Waals surface area contributed by atoms with E-state index in [-0.39, 0.29) is 23.1 Å². The van der Waals surface area contributed by atoms with E-state index in [4.69, 9.17) is 4.74 Å². The van der Waals surface area contributed by atoms with Gasteiger partial charge >= 0.3 is 12.2 Å². The number of aromatic nitrogens is 3. The first-order valence-electron chi connectivity index (χ1n) is 10.8. The third kappa shape index (κ3) is 3.84. The quantitative estimate of drug-likeness (QED) is 0.593. The van der Waals surface area contributed by atoms with Gasteiger partial charge in [0.25, 0.3) is 0 Å². The van der Waals surface area contributed by atoms with Gasteiger partial charge in [0.05, 0.1) is 31.9 Å². The Kier molecular flexibility index (Phi) is 5.90. The number of quaternary nitrogens is 1. The zero-order valence-electron chi connectivity index (χ0n) is 19.2. The van der Waals surface area contributed by atoms with Gasteiger partial charge in [-0.05, 0) is 50.1 Å². The lowest BCUT2D eigenvalue weighted by Gasteiger charge is -2.46. The number of hydrogen-bond acceptors (Lipinski definition) is 5. The third-order valence-corrected chi connectivity index (χ3v) is 6.31. The van der Waals surface area contributed by atoms with Gasteiger partial charge in [0.15, 0.2) is 5.69 Å². The number of ether oxygens (including phenoxy) is 1. The Morgan fingerprint density at radius 3 is 2.58 bits per heavy atom. The van der Waals surface area contributed by atoms with E-state index in [0.717, 1.165) is 16.7 Å². The molecule has 0 saturated carbocycles. The predicted octanol–water partition coefficient (Wildman–Crippen LogP) is 4.36. The van der Waals surface area contributed by atoms with E-state index in [1.54, 1.807) is 24.7 Å². The normalized spacial score (nSPS) is 19.9. The minimum absolute atomic E-state index is 0.236. The highest BCUT2D eigenvalue weighted by Gasteiger charge is 2.52. The zero-order chi connectivity index (χ0) is 23.8. The molecule has 172 valence electrons. The van der Waals surface area contributed by atoms with Gasteiger partial charge in [-0.25, -0.2) is 4.79 Å². The van der Waals surface area contributed by atoms with E-state index < -0.39 is 12.2 Å². The van der Waals surface area contributed by atoms with E-state index in [2.05, 4.69) is 10.1 Å². The minimum Gasteiger partial charge on any atom is -0.452 e. The Bertz CT molecular complexity index is 1180. The smallest absolute Gasteiger partial charge is 0.452 e. The Morgan fingerprint density at radius 1 is 1.21 bits per heavy atom. The first-order valence-corrected chi connectivity index (χ1v) is 10.8. The summed E-state index contributed by atoms with van der Waals surface area (Å²) in [5.41, 5.74) is 3.88. The standard InChI is InChI=1S/C24H27N5O4/c1-16(2)29(24(31)32)15-17(3)28(23(30)33-4)21-6-5-19(11-22(21)29)20-12-26-27(14-20)13-18-7-9-25-10-8-18/h5-12,14,16-17H,13,15H2,1-4H3/p+1/t17-,29?/m0/s1. The number of hydrogen-bond donors (Lipinski definition) is 1. The maximum Gasteiger partial charge on any atom is 0.519 e. The van der Waals surface area contributed by atoms with Crippen LogP contribution in [0, 0.1) is 0 Å². The molecule has 3 aromatic rings. The highest BCUT2D eigenvalue weighted by molar-refractivity contribution is 5.99. The molecule has 1 aliphatic rings. The van der Waals surface area contributed by atoms with Crippen LogP contribution in [0.25, 0.3) is 11.1 Å². The molecule has 1 N–H and O–H groups in total. The molecule has 0 spiro atoms. The van der Waals surface area contributed by atoms with Crippen LogP contribution in [0.3, 0.4) is 0 Å². The lowest BCUT2D eigenvalue weighted by Crippen LogP contribution is -2.66. The first kappa shape index (κ1) is 22.5. The topological polar surface area (TPSA) is 97.5 Å². The van der Waals surface area contributed by atoms with Crippen LogP contribution in [0.5, 0.6) is 0 Å². The Morgan fingerprint density at radius 2 is 1.94 bits per heavy atom. The molecular formula is C24H28N5O4+. The van der Waals surface area contributed by atoms with Crippen LogP contribution in [0.4, 0.5) is 21.0 Å². The molecule has 0 saturated heterocycles. The highest BCUT2D eigenvalue weighted by atomic mass is 16.5. The summed E-state index contributed by atoms with van der Waals surface area (Å²) >= 11 is 0. The number of pyridine rings is 1. The molecule has 3 heterocycles. The molecule has 1 unspecified atom stereocenters. The van der Waals surface area contributed by atoms with Gasteiger partial charge in [-0.15, -0.1) is 0 Å². The number of carboxylic acid groups (broad SMARTS) is 1. The van der Waals surface area contributed by atoms with E-state index >= 15 is 0 Å². The number of fused-ring (bicyclic) bond motifs is 1. The Labute approximate surface area is 192 Å². The van der Waals surface area contributed by atoms with E-state index in [0.29, 0.717) is 17.9 Å². The van der Waals surface area contributed by atoms with Crippen LogP contribution in [-0.4, -0.2) is 57.8 Å². The first-order chi connectivity index (χ1) is 15.8. The fourth-order valence-electron chi connectivity index (χ4n) is 4.60. The molecule has 9 heteroatoms. The van der Waals surface area contributed by atoms with Crippen molar-refractivity contribution in [3.8, 4) is 11.1 Å². The molecule has 1 aromatic carbocycles. The van der Waals surface area contributed by atoms with Crippen LogP contribution in [0.15, 0.2) is 55.1 Å². The second kappa shape index (κ2) is 8.67. The Hall–Kier alpha value is -3.72. The van der Waals surface area contributed by atoms with Crippen molar-refractivity contribution in [1.29, 1.82) is 0 Å². The lowest BCUT2D eigenvalue weighted by molar-refractivity contribution is 0.124. The van der Waals surface area contributed by atoms with Crippen molar-refractivity contribution in [3.05, 3.63) is 60.7 Å². The summed E-state index contributed by atoms with van der Waals surface area (Å²) in [5, 5.41) is 14.8. The zero-order valence-corrected chi connectivity index (χ0v) is 19.2. The third-order valence-electron chi connectivity index (χ3n) is 6.31. The molecule has 4 rings (SSSR count). The lowest BCUT2D eigenvalue weighted by atomic mass is 9.99. The minimum atomic E-state index is -0.951. The van der Waals surface area contributed by atoms with Gasteiger partial charge in [-0.3, -0.25) is 14.6 Å². The number of amides is 2. The fraction of sp³-hybridized carbons (Fsp3) is 0.333. The number of methoxy groups -OCH3 is 1. The number of carbonyl (C=O) groups excluding carboxylic acids is 1. The molecule has 2 amide bonds. The van der Waals surface area contributed by atoms with Gasteiger partial charge in [0.1, 0.15) is 12.2 Å². The number of anilines is 1. The van der Waals surface area contributed by atoms with Crippen LogP contribution in [0.1, 0.15) is 26.3 Å². The molecule has 0 bridgehead atoms. The highest BCUT2D eigenvalue weighted by Crippen LogP contribution is 2.44. The molecule has 0 radical (unpaired) electrons. The van der Waals surface area contributed by atoms with Crippen LogP contribution >= 0.6 is 0 Å². The predicted molar refractivity (Wildman–Crippen MR) is 125 cm³/mol. The van der Waals surface area contributed by atoms with Crippen molar-refractivity contribution in [2.24, 2.45) is 0 Å². The number of nitrogens with zero attached hydrogens (tertiary/aromatic N) is 5. The van der Waals surface area contributed by atoms with Crippen LogP contribution < -0.4 is 9.38 Å². The van der Waals surface area contributed by atoms with Crippen molar-refractivity contribution >= 4 is 23.6 Å². The van der Waals surface area contributed by atoms with Crippen LogP contribution in [0.2, 0.25) is 0 Å². The number of benzene rings is 1. The van der Waals surface area contributed by atoms with Crippen molar-refractivity contribution in [1.82, 2.24) is 19.2 Å². The van der Waals surface area contributed by atoms with Crippen LogP contribution in [-0.2, 0) is 11.3 Å². The molecular weight excluding hydrogens is 422 g/mol. The largest absolute Gasteiger partial charge is 0.519 e. The summed E-state index contributed by atoms with van der Waals surface area (Å²) in [7, 11) is 1.33.